The summed E-state index contributed by atoms with van der Waals surface area (Å²) in [6.07, 6.45) is 4.67. The van der Waals surface area contributed by atoms with E-state index in [0.29, 0.717) is 5.75 Å². The van der Waals surface area contributed by atoms with Gasteiger partial charge in [0.05, 0.1) is 31.0 Å². The van der Waals surface area contributed by atoms with E-state index in [9.17, 15) is 14.0 Å². The van der Waals surface area contributed by atoms with Crippen LogP contribution in [0.15, 0.2) is 77.4 Å². The number of hydrazone groups is 1. The lowest BCUT2D eigenvalue weighted by molar-refractivity contribution is -0.137. The van der Waals surface area contributed by atoms with Crippen LogP contribution in [-0.2, 0) is 9.53 Å². The number of amides is 1. The average Bonchev–Trinajstić information content (AvgIpc) is 3.37. The van der Waals surface area contributed by atoms with Crippen molar-refractivity contribution in [2.75, 3.05) is 20.8 Å². The van der Waals surface area contributed by atoms with Crippen molar-refractivity contribution in [3.8, 4) is 11.5 Å². The van der Waals surface area contributed by atoms with Gasteiger partial charge in [0, 0.05) is 5.92 Å². The minimum Gasteiger partial charge on any atom is -0.497 e. The Morgan fingerprint density at radius 3 is 2.35 bits per heavy atom. The van der Waals surface area contributed by atoms with Crippen LogP contribution in [0.5, 0.6) is 11.5 Å². The average molecular weight is 563 g/mol. The second-order valence-electron chi connectivity index (χ2n) is 9.56. The third kappa shape index (κ3) is 5.58. The molecule has 1 aliphatic carbocycles. The number of methoxy groups -OCH3 is 2. The highest BCUT2D eigenvalue weighted by Crippen LogP contribution is 2.44. The van der Waals surface area contributed by atoms with Crippen molar-refractivity contribution in [3.05, 3.63) is 99.8 Å². The molecule has 206 valence electrons. The number of carbonyl (C=O) groups excluding carboxylic acids is 2. The number of esters is 1. The van der Waals surface area contributed by atoms with Crippen LogP contribution >= 0.6 is 11.6 Å². The summed E-state index contributed by atoms with van der Waals surface area (Å²) in [5.74, 6) is -0.937. The molecule has 1 aliphatic heterocycles. The van der Waals surface area contributed by atoms with E-state index in [0.717, 1.165) is 53.5 Å². The summed E-state index contributed by atoms with van der Waals surface area (Å²) in [4.78, 5) is 26.1. The summed E-state index contributed by atoms with van der Waals surface area (Å²) in [6.45, 7) is -0.614. The Morgan fingerprint density at radius 1 is 1.02 bits per heavy atom. The van der Waals surface area contributed by atoms with Gasteiger partial charge in [-0.3, -0.25) is 4.79 Å². The molecule has 5 rings (SSSR count). The Morgan fingerprint density at radius 2 is 1.70 bits per heavy atom. The number of hydrogen-bond acceptors (Lipinski definition) is 6. The van der Waals surface area contributed by atoms with Crippen molar-refractivity contribution in [1.29, 1.82) is 0 Å². The second kappa shape index (κ2) is 11.9. The number of rotatable bonds is 7. The second-order valence-corrected chi connectivity index (χ2v) is 9.96. The zero-order chi connectivity index (χ0) is 28.2. The summed E-state index contributed by atoms with van der Waals surface area (Å²) in [5.41, 5.74) is 3.35. The molecular formula is C31H28ClFN2O5. The molecule has 0 aromatic heterocycles. The van der Waals surface area contributed by atoms with Crippen LogP contribution in [0.1, 0.15) is 46.8 Å². The first kappa shape index (κ1) is 27.4. The molecule has 1 saturated carbocycles. The molecule has 3 aromatic rings. The van der Waals surface area contributed by atoms with Crippen LogP contribution in [0.2, 0.25) is 5.02 Å². The molecule has 0 saturated heterocycles. The van der Waals surface area contributed by atoms with Crippen molar-refractivity contribution in [2.24, 2.45) is 11.0 Å². The topological polar surface area (TPSA) is 77.4 Å². The molecule has 1 fully saturated rings. The zero-order valence-electron chi connectivity index (χ0n) is 22.1. The highest BCUT2D eigenvalue weighted by atomic mass is 35.5. The van der Waals surface area contributed by atoms with Gasteiger partial charge < -0.3 is 14.2 Å². The third-order valence-electron chi connectivity index (χ3n) is 7.16. The Balaban J connectivity index is 1.44. The predicted octanol–water partition coefficient (Wildman–Crippen LogP) is 6.48. The van der Waals surface area contributed by atoms with Gasteiger partial charge in [-0.25, -0.2) is 14.2 Å². The van der Waals surface area contributed by atoms with Crippen LogP contribution < -0.4 is 9.47 Å². The lowest BCUT2D eigenvalue weighted by atomic mass is 9.77. The lowest BCUT2D eigenvalue weighted by Gasteiger charge is -2.29. The molecule has 3 aromatic carbocycles. The standard InChI is InChI=1S/C31H28ClFN2O5/c1-38-22-13-9-19(10-14-22)17-21-5-3-6-24-29(21)34-35(30(24)20-11-15-23(39-2)16-12-20)27(36)18-40-31(37)28-25(32)7-4-8-26(28)33/h4,7-17,24,30H,3,5-6,18H2,1-2H3. The first-order chi connectivity index (χ1) is 19.4. The van der Waals surface area contributed by atoms with Crippen molar-refractivity contribution < 1.29 is 28.2 Å². The molecule has 0 N–H and O–H groups in total. The maximum absolute atomic E-state index is 14.2. The zero-order valence-corrected chi connectivity index (χ0v) is 22.9. The highest BCUT2D eigenvalue weighted by molar-refractivity contribution is 6.33. The molecule has 7 nitrogen and oxygen atoms in total. The molecule has 0 radical (unpaired) electrons. The Hall–Kier alpha value is -4.17. The van der Waals surface area contributed by atoms with E-state index in [1.165, 1.54) is 17.1 Å². The Kier molecular flexibility index (Phi) is 8.16. The Bertz CT molecular complexity index is 1450. The minimum absolute atomic E-state index is 0.0488. The van der Waals surface area contributed by atoms with Crippen LogP contribution in [0.3, 0.4) is 0 Å². The summed E-state index contributed by atoms with van der Waals surface area (Å²) < 4.78 is 30.0. The largest absolute Gasteiger partial charge is 0.497 e. The van der Waals surface area contributed by atoms with Gasteiger partial charge >= 0.3 is 5.97 Å². The quantitative estimate of drug-likeness (QED) is 0.308. The monoisotopic (exact) mass is 562 g/mol. The molecular weight excluding hydrogens is 535 g/mol. The van der Waals surface area contributed by atoms with E-state index in [1.54, 1.807) is 14.2 Å². The van der Waals surface area contributed by atoms with Gasteiger partial charge in [0.15, 0.2) is 6.61 Å². The van der Waals surface area contributed by atoms with E-state index in [-0.39, 0.29) is 10.9 Å². The molecule has 1 amide bonds. The van der Waals surface area contributed by atoms with E-state index in [2.05, 4.69) is 6.08 Å². The maximum Gasteiger partial charge on any atom is 0.343 e. The van der Waals surface area contributed by atoms with Crippen LogP contribution in [0.25, 0.3) is 6.08 Å². The van der Waals surface area contributed by atoms with Gasteiger partial charge in [-0.1, -0.05) is 41.9 Å². The van der Waals surface area contributed by atoms with E-state index < -0.39 is 35.9 Å². The fourth-order valence-electron chi connectivity index (χ4n) is 5.20. The van der Waals surface area contributed by atoms with Crippen LogP contribution in [0.4, 0.5) is 4.39 Å². The van der Waals surface area contributed by atoms with Crippen molar-refractivity contribution in [3.63, 3.8) is 0 Å². The normalized spacial score (nSPS) is 19.1. The van der Waals surface area contributed by atoms with E-state index in [4.69, 9.17) is 30.9 Å². The van der Waals surface area contributed by atoms with Crippen LogP contribution in [-0.4, -0.2) is 43.4 Å². The number of hydrogen-bond donors (Lipinski definition) is 0. The number of nitrogens with zero attached hydrogens (tertiary/aromatic N) is 2. The molecule has 40 heavy (non-hydrogen) atoms. The van der Waals surface area contributed by atoms with Crippen molar-refractivity contribution >= 4 is 35.3 Å². The number of fused-ring (bicyclic) bond motifs is 1. The molecule has 1 heterocycles. The van der Waals surface area contributed by atoms with Crippen molar-refractivity contribution in [1.82, 2.24) is 5.01 Å². The number of halogens is 2. The Labute approximate surface area is 236 Å². The maximum atomic E-state index is 14.2. The first-order valence-electron chi connectivity index (χ1n) is 12.9. The fourth-order valence-corrected chi connectivity index (χ4v) is 5.44. The minimum atomic E-state index is -1.01. The molecule has 2 aliphatic rings. The summed E-state index contributed by atoms with van der Waals surface area (Å²) in [5, 5.41) is 6.10. The lowest BCUT2D eigenvalue weighted by Crippen LogP contribution is -2.34. The summed E-state index contributed by atoms with van der Waals surface area (Å²) in [6, 6.07) is 18.7. The van der Waals surface area contributed by atoms with Gasteiger partial charge in [-0.2, -0.15) is 5.10 Å². The van der Waals surface area contributed by atoms with Gasteiger partial charge in [-0.15, -0.1) is 0 Å². The number of allylic oxidation sites excluding steroid dienone is 1. The smallest absolute Gasteiger partial charge is 0.343 e. The molecule has 0 bridgehead atoms. The van der Waals surface area contributed by atoms with Gasteiger partial charge in [0.2, 0.25) is 0 Å². The molecule has 2 atom stereocenters. The summed E-state index contributed by atoms with van der Waals surface area (Å²) in [7, 11) is 3.22. The third-order valence-corrected chi connectivity index (χ3v) is 7.48. The molecule has 0 spiro atoms. The van der Waals surface area contributed by atoms with E-state index in [1.807, 2.05) is 48.5 Å². The number of ether oxygens (including phenoxy) is 3. The number of benzene rings is 3. The predicted molar refractivity (Wildman–Crippen MR) is 150 cm³/mol. The summed E-state index contributed by atoms with van der Waals surface area (Å²) >= 11 is 6.00. The van der Waals surface area contributed by atoms with Crippen molar-refractivity contribution in [2.45, 2.75) is 25.3 Å². The molecule has 9 heteroatoms. The SMILES string of the molecule is COc1ccc(C=C2CCCC3C2=NN(C(=O)COC(=O)c2c(F)cccc2Cl)C3c2ccc(OC)cc2)cc1. The highest BCUT2D eigenvalue weighted by Gasteiger charge is 2.44. The first-order valence-corrected chi connectivity index (χ1v) is 13.3. The fraction of sp³-hybridized carbons (Fsp3) is 0.258. The van der Waals surface area contributed by atoms with Crippen LogP contribution in [0, 0.1) is 11.7 Å². The van der Waals surface area contributed by atoms with Gasteiger partial charge in [0.25, 0.3) is 5.91 Å². The van der Waals surface area contributed by atoms with Gasteiger partial charge in [-0.05, 0) is 78.4 Å². The van der Waals surface area contributed by atoms with E-state index >= 15 is 0 Å². The van der Waals surface area contributed by atoms with Gasteiger partial charge in [0.1, 0.15) is 22.9 Å². The molecule has 2 unspecified atom stereocenters. The number of carbonyl (C=O) groups is 2.